The van der Waals surface area contributed by atoms with Gasteiger partial charge in [-0.1, -0.05) is 12.1 Å². The molecule has 0 radical (unpaired) electrons. The zero-order chi connectivity index (χ0) is 30.0. The molecule has 2 aliphatic heterocycles. The van der Waals surface area contributed by atoms with Gasteiger partial charge in [0.05, 0.1) is 16.0 Å². The number of carbonyl (C=O) groups excluding carboxylic acids is 2. The molecule has 0 unspecified atom stereocenters. The van der Waals surface area contributed by atoms with Crippen molar-refractivity contribution in [3.8, 4) is 0 Å². The fourth-order valence-corrected chi connectivity index (χ4v) is 5.00. The Morgan fingerprint density at radius 2 is 1.77 bits per heavy atom. The summed E-state index contributed by atoms with van der Waals surface area (Å²) < 4.78 is 85.0. The van der Waals surface area contributed by atoms with Crippen molar-refractivity contribution in [1.82, 2.24) is 9.80 Å². The average molecular weight is 593 g/mol. The van der Waals surface area contributed by atoms with Crippen LogP contribution in [0.1, 0.15) is 43.4 Å². The van der Waals surface area contributed by atoms with E-state index in [1.165, 1.54) is 12.0 Å². The monoisotopic (exact) mass is 592 g/mol. The van der Waals surface area contributed by atoms with Gasteiger partial charge in [0.2, 0.25) is 0 Å². The van der Waals surface area contributed by atoms with E-state index in [1.54, 1.807) is 32.8 Å². The molecule has 1 aromatic carbocycles. The highest BCUT2D eigenvalue weighted by atomic mass is 32.2. The molecule has 0 atom stereocenters. The van der Waals surface area contributed by atoms with Crippen LogP contribution in [0, 0.1) is 5.92 Å². The number of aliphatic imine (C=N–C) groups is 2. The number of halogens is 6. The molecule has 7 nitrogen and oxygen atoms in total. The van der Waals surface area contributed by atoms with Crippen molar-refractivity contribution in [3.05, 3.63) is 45.9 Å². The predicted molar refractivity (Wildman–Crippen MR) is 140 cm³/mol. The number of amides is 2. The van der Waals surface area contributed by atoms with E-state index < -0.39 is 40.2 Å². The number of benzene rings is 1. The molecule has 0 bridgehead atoms. The van der Waals surface area contributed by atoms with Gasteiger partial charge in [0.25, 0.3) is 5.91 Å². The number of amidine groups is 1. The highest BCUT2D eigenvalue weighted by Gasteiger charge is 2.39. The second kappa shape index (κ2) is 12.0. The Bertz CT molecular complexity index is 1230. The number of allylic oxidation sites excluding steroid dienone is 1. The first kappa shape index (κ1) is 31.8. The summed E-state index contributed by atoms with van der Waals surface area (Å²) in [6.45, 7) is 3.96. The number of alkyl halides is 6. The first-order valence-corrected chi connectivity index (χ1v) is 13.1. The lowest BCUT2D eigenvalue weighted by Crippen LogP contribution is -2.45. The molecule has 3 rings (SSSR count). The number of carbonyl (C=O) groups is 2. The Morgan fingerprint density at radius 1 is 1.15 bits per heavy atom. The maximum absolute atomic E-state index is 13.5. The molecule has 40 heavy (non-hydrogen) atoms. The Kier molecular flexibility index (Phi) is 9.57. The van der Waals surface area contributed by atoms with Crippen molar-refractivity contribution in [1.29, 1.82) is 0 Å². The largest absolute Gasteiger partial charge is 0.416 e. The summed E-state index contributed by atoms with van der Waals surface area (Å²) in [5.41, 5.74) is -3.87. The summed E-state index contributed by atoms with van der Waals surface area (Å²) in [6.07, 6.45) is -6.91. The SMILES string of the molecule is COC(C)(C)C(=NC1=NC(=O)S/C1=C\C1CCN(Cc2ccc(C(F)(F)F)cc2C(F)(F)F)CC1)C(=O)N(C)C. The Labute approximate surface area is 232 Å². The first-order valence-electron chi connectivity index (χ1n) is 12.3. The summed E-state index contributed by atoms with van der Waals surface area (Å²) in [7, 11) is 4.56. The fraction of sp³-hybridized carbons (Fsp3) is 0.538. The molecule has 2 aliphatic rings. The van der Waals surface area contributed by atoms with Gasteiger partial charge in [0, 0.05) is 27.7 Å². The highest BCUT2D eigenvalue weighted by Crippen LogP contribution is 2.38. The van der Waals surface area contributed by atoms with Gasteiger partial charge in [-0.3, -0.25) is 14.5 Å². The highest BCUT2D eigenvalue weighted by molar-refractivity contribution is 8.18. The quantitative estimate of drug-likeness (QED) is 0.298. The molecule has 0 saturated carbocycles. The van der Waals surface area contributed by atoms with Gasteiger partial charge < -0.3 is 9.64 Å². The van der Waals surface area contributed by atoms with Crippen LogP contribution in [0.3, 0.4) is 0 Å². The number of piperidine rings is 1. The van der Waals surface area contributed by atoms with Crippen LogP contribution in [0.4, 0.5) is 31.1 Å². The fourth-order valence-electron chi connectivity index (χ4n) is 4.23. The molecule has 2 amide bonds. The molecule has 0 aliphatic carbocycles. The maximum Gasteiger partial charge on any atom is 0.416 e. The molecule has 1 fully saturated rings. The van der Waals surface area contributed by atoms with Crippen LogP contribution in [0.25, 0.3) is 0 Å². The minimum Gasteiger partial charge on any atom is -0.372 e. The van der Waals surface area contributed by atoms with Gasteiger partial charge in [-0.25, -0.2) is 4.99 Å². The molecule has 220 valence electrons. The number of hydrogen-bond acceptors (Lipinski definition) is 6. The number of ether oxygens (including phenoxy) is 1. The van der Waals surface area contributed by atoms with Gasteiger partial charge in [-0.15, -0.1) is 0 Å². The van der Waals surface area contributed by atoms with Crippen molar-refractivity contribution in [2.75, 3.05) is 34.3 Å². The van der Waals surface area contributed by atoms with Crippen LogP contribution in [0.2, 0.25) is 0 Å². The molecule has 0 N–H and O–H groups in total. The van der Waals surface area contributed by atoms with Crippen molar-refractivity contribution in [2.45, 2.75) is 51.2 Å². The zero-order valence-electron chi connectivity index (χ0n) is 22.6. The molecule has 0 aromatic heterocycles. The van der Waals surface area contributed by atoms with Crippen LogP contribution < -0.4 is 0 Å². The standard InChI is InChI=1S/C26H30F6N4O3S/c1-24(2,39-5)20(22(37)35(3)4)33-21-19(40-23(38)34-21)12-15-8-10-36(11-9-15)14-16-6-7-17(25(27,28)29)13-18(16)26(30,31)32/h6-7,12-13,15H,8-11,14H2,1-5H3/b19-12-,33-20?. The van der Waals surface area contributed by atoms with Crippen LogP contribution >= 0.6 is 11.8 Å². The third-order valence-corrected chi connectivity index (χ3v) is 7.48. The van der Waals surface area contributed by atoms with Gasteiger partial charge in [-0.05, 0) is 75.2 Å². The molecule has 14 heteroatoms. The van der Waals surface area contributed by atoms with Crippen LogP contribution in [0.15, 0.2) is 39.2 Å². The average Bonchev–Trinajstić information content (AvgIpc) is 3.20. The third-order valence-electron chi connectivity index (χ3n) is 6.68. The molecule has 2 heterocycles. The number of nitrogens with zero attached hydrogens (tertiary/aromatic N) is 4. The Hall–Kier alpha value is -2.71. The minimum atomic E-state index is -4.92. The number of methoxy groups -OCH3 is 1. The topological polar surface area (TPSA) is 74.6 Å². The number of rotatable bonds is 6. The first-order chi connectivity index (χ1) is 18.4. The van der Waals surface area contributed by atoms with E-state index in [9.17, 15) is 35.9 Å². The minimum absolute atomic E-state index is 0.0526. The van der Waals surface area contributed by atoms with Crippen LogP contribution in [-0.4, -0.2) is 72.4 Å². The van der Waals surface area contributed by atoms with Crippen molar-refractivity contribution < 1.29 is 40.7 Å². The molecular formula is C26H30F6N4O3S. The summed E-state index contributed by atoms with van der Waals surface area (Å²) in [5.74, 6) is -0.372. The van der Waals surface area contributed by atoms with Crippen molar-refractivity contribution in [3.63, 3.8) is 0 Å². The summed E-state index contributed by atoms with van der Waals surface area (Å²) in [4.78, 5) is 36.8. The van der Waals surface area contributed by atoms with Crippen LogP contribution in [0.5, 0.6) is 0 Å². The second-order valence-electron chi connectivity index (χ2n) is 10.2. The summed E-state index contributed by atoms with van der Waals surface area (Å²) in [5, 5.41) is -0.490. The van der Waals surface area contributed by atoms with E-state index in [2.05, 4.69) is 9.98 Å². The van der Waals surface area contributed by atoms with E-state index >= 15 is 0 Å². The smallest absolute Gasteiger partial charge is 0.372 e. The molecule has 0 spiro atoms. The normalized spacial score (nSPS) is 19.4. The lowest BCUT2D eigenvalue weighted by molar-refractivity contribution is -0.143. The van der Waals surface area contributed by atoms with E-state index in [1.807, 2.05) is 6.08 Å². The molecular weight excluding hydrogens is 562 g/mol. The van der Waals surface area contributed by atoms with E-state index in [0.29, 0.717) is 36.9 Å². The zero-order valence-corrected chi connectivity index (χ0v) is 23.4. The van der Waals surface area contributed by atoms with Gasteiger partial charge in [0.15, 0.2) is 5.84 Å². The number of hydrogen-bond donors (Lipinski definition) is 0. The summed E-state index contributed by atoms with van der Waals surface area (Å²) in [6, 6.07) is 1.70. The molecule has 1 saturated heterocycles. The predicted octanol–water partition coefficient (Wildman–Crippen LogP) is 6.04. The Balaban J connectivity index is 1.76. The number of thioether (sulfide) groups is 1. The third kappa shape index (κ3) is 7.72. The van der Waals surface area contributed by atoms with E-state index in [4.69, 9.17) is 4.74 Å². The van der Waals surface area contributed by atoms with E-state index in [-0.39, 0.29) is 35.6 Å². The van der Waals surface area contributed by atoms with E-state index in [0.717, 1.165) is 17.8 Å². The second-order valence-corrected chi connectivity index (χ2v) is 11.2. The number of likely N-dealkylation sites (tertiary alicyclic amines) is 1. The lowest BCUT2D eigenvalue weighted by atomic mass is 9.95. The molecule has 1 aromatic rings. The summed E-state index contributed by atoms with van der Waals surface area (Å²) >= 11 is 0.874. The maximum atomic E-state index is 13.5. The Morgan fingerprint density at radius 3 is 2.30 bits per heavy atom. The lowest BCUT2D eigenvalue weighted by Gasteiger charge is -2.31. The van der Waals surface area contributed by atoms with Crippen molar-refractivity contribution in [2.24, 2.45) is 15.9 Å². The van der Waals surface area contributed by atoms with Crippen LogP contribution in [-0.2, 0) is 28.4 Å². The van der Waals surface area contributed by atoms with Gasteiger partial charge in [-0.2, -0.15) is 31.3 Å². The van der Waals surface area contributed by atoms with Crippen molar-refractivity contribution >= 4 is 34.5 Å². The van der Waals surface area contributed by atoms with Gasteiger partial charge >= 0.3 is 17.6 Å². The van der Waals surface area contributed by atoms with Gasteiger partial charge in [0.1, 0.15) is 11.3 Å².